The highest BCUT2D eigenvalue weighted by atomic mass is 35.5. The maximum Gasteiger partial charge on any atom is 0.249 e. The molecular weight excluding hydrogens is 360 g/mol. The average Bonchev–Trinajstić information content (AvgIpc) is 3.11. The van der Waals surface area contributed by atoms with Crippen LogP contribution in [0.25, 0.3) is 6.08 Å². The van der Waals surface area contributed by atoms with Gasteiger partial charge in [0.25, 0.3) is 0 Å². The summed E-state index contributed by atoms with van der Waals surface area (Å²) in [5.74, 6) is -0.564. The third-order valence-corrected chi connectivity index (χ3v) is 4.49. The molecule has 2 N–H and O–H groups in total. The van der Waals surface area contributed by atoms with E-state index in [1.165, 1.54) is 0 Å². The van der Waals surface area contributed by atoms with E-state index in [0.29, 0.717) is 34.0 Å². The maximum atomic E-state index is 12.7. The summed E-state index contributed by atoms with van der Waals surface area (Å²) in [6.45, 7) is 2.47. The van der Waals surface area contributed by atoms with Gasteiger partial charge in [-0.05, 0) is 36.8 Å². The fourth-order valence-corrected chi connectivity index (χ4v) is 2.98. The van der Waals surface area contributed by atoms with E-state index in [1.807, 2.05) is 54.1 Å². The minimum Gasteiger partial charge on any atom is -0.366 e. The molecule has 3 rings (SSSR count). The number of carbonyl (C=O) groups excluding carboxylic acids is 2. The second kappa shape index (κ2) is 8.06. The first-order valence-electron chi connectivity index (χ1n) is 8.48. The molecule has 0 spiro atoms. The maximum absolute atomic E-state index is 12.7. The van der Waals surface area contributed by atoms with E-state index < -0.39 is 5.91 Å². The van der Waals surface area contributed by atoms with Gasteiger partial charge in [-0.3, -0.25) is 9.59 Å². The van der Waals surface area contributed by atoms with Gasteiger partial charge in [-0.2, -0.15) is 0 Å². The first-order chi connectivity index (χ1) is 13.0. The molecule has 0 saturated carbocycles. The van der Waals surface area contributed by atoms with E-state index in [1.54, 1.807) is 30.3 Å². The molecule has 1 heterocycles. The van der Waals surface area contributed by atoms with Crippen LogP contribution in [0.15, 0.2) is 66.9 Å². The Morgan fingerprint density at radius 2 is 1.85 bits per heavy atom. The summed E-state index contributed by atoms with van der Waals surface area (Å²) < 4.78 is 1.86. The molecule has 0 aliphatic carbocycles. The molecule has 2 aromatic carbocycles. The molecule has 0 unspecified atom stereocenters. The lowest BCUT2D eigenvalue weighted by Gasteiger charge is -2.07. The van der Waals surface area contributed by atoms with Crippen LogP contribution < -0.4 is 5.73 Å². The van der Waals surface area contributed by atoms with Crippen molar-refractivity contribution in [1.82, 2.24) is 4.57 Å². The standard InChI is InChI=1S/C22H19ClN2O2/c1-15-6-8-17(9-7-15)21(26)20-5-3-13-25(20)12-2-4-16-10-11-18(23)14-19(16)22(24)27/h2-11,13-14H,12H2,1H3,(H2,24,27)/b4-2+. The van der Waals surface area contributed by atoms with Gasteiger partial charge in [0.15, 0.2) is 0 Å². The van der Waals surface area contributed by atoms with Crippen molar-refractivity contribution in [2.24, 2.45) is 5.73 Å². The first-order valence-corrected chi connectivity index (χ1v) is 8.86. The normalized spacial score (nSPS) is 11.0. The van der Waals surface area contributed by atoms with Gasteiger partial charge in [-0.1, -0.05) is 59.6 Å². The van der Waals surface area contributed by atoms with E-state index in [-0.39, 0.29) is 5.78 Å². The molecule has 0 atom stereocenters. The highest BCUT2D eigenvalue weighted by Gasteiger charge is 2.12. The van der Waals surface area contributed by atoms with Crippen LogP contribution >= 0.6 is 11.6 Å². The van der Waals surface area contributed by atoms with E-state index in [4.69, 9.17) is 17.3 Å². The largest absolute Gasteiger partial charge is 0.366 e. The zero-order chi connectivity index (χ0) is 19.4. The number of aryl methyl sites for hydroxylation is 1. The summed E-state index contributed by atoms with van der Waals surface area (Å²) in [6.07, 6.45) is 5.53. The van der Waals surface area contributed by atoms with Crippen LogP contribution in [0.3, 0.4) is 0 Å². The second-order valence-electron chi connectivity index (χ2n) is 6.24. The first kappa shape index (κ1) is 18.7. The number of carbonyl (C=O) groups is 2. The van der Waals surface area contributed by atoms with E-state index in [0.717, 1.165) is 5.56 Å². The Morgan fingerprint density at radius 3 is 2.56 bits per heavy atom. The number of benzene rings is 2. The summed E-state index contributed by atoms with van der Waals surface area (Å²) in [5, 5.41) is 0.456. The summed E-state index contributed by atoms with van der Waals surface area (Å²) >= 11 is 5.93. The predicted molar refractivity (Wildman–Crippen MR) is 108 cm³/mol. The van der Waals surface area contributed by atoms with Gasteiger partial charge in [0.2, 0.25) is 11.7 Å². The topological polar surface area (TPSA) is 65.1 Å². The summed E-state index contributed by atoms with van der Waals surface area (Å²) in [4.78, 5) is 24.3. The number of hydrogen-bond acceptors (Lipinski definition) is 2. The van der Waals surface area contributed by atoms with Crippen molar-refractivity contribution in [2.75, 3.05) is 0 Å². The Kier molecular flexibility index (Phi) is 5.57. The molecule has 0 aliphatic heterocycles. The zero-order valence-electron chi connectivity index (χ0n) is 14.9. The number of allylic oxidation sites excluding steroid dienone is 1. The van der Waals surface area contributed by atoms with E-state index >= 15 is 0 Å². The molecule has 0 fully saturated rings. The number of nitrogens with zero attached hydrogens (tertiary/aromatic N) is 1. The molecule has 5 heteroatoms. The fourth-order valence-electron chi connectivity index (χ4n) is 2.81. The van der Waals surface area contributed by atoms with Gasteiger partial charge < -0.3 is 10.3 Å². The molecule has 136 valence electrons. The molecule has 0 bridgehead atoms. The zero-order valence-corrected chi connectivity index (χ0v) is 15.6. The summed E-state index contributed by atoms with van der Waals surface area (Å²) in [7, 11) is 0. The van der Waals surface area contributed by atoms with Crippen molar-refractivity contribution in [1.29, 1.82) is 0 Å². The van der Waals surface area contributed by atoms with Gasteiger partial charge >= 0.3 is 0 Å². The Bertz CT molecular complexity index is 1020. The monoisotopic (exact) mass is 378 g/mol. The lowest BCUT2D eigenvalue weighted by atomic mass is 10.1. The number of rotatable bonds is 6. The van der Waals surface area contributed by atoms with Crippen LogP contribution in [0.1, 0.15) is 37.5 Å². The molecular formula is C22H19ClN2O2. The number of ketones is 1. The summed E-state index contributed by atoms with van der Waals surface area (Å²) in [5.41, 5.74) is 8.82. The number of primary amides is 1. The molecule has 0 radical (unpaired) electrons. The molecule has 1 aromatic heterocycles. The molecule has 27 heavy (non-hydrogen) atoms. The number of halogens is 1. The second-order valence-corrected chi connectivity index (χ2v) is 6.68. The Hall–Kier alpha value is -3.11. The Labute approximate surface area is 162 Å². The van der Waals surface area contributed by atoms with Gasteiger partial charge in [-0.25, -0.2) is 0 Å². The average molecular weight is 379 g/mol. The fraction of sp³-hybridized carbons (Fsp3) is 0.0909. The quantitative estimate of drug-likeness (QED) is 0.642. The molecule has 1 amide bonds. The lowest BCUT2D eigenvalue weighted by molar-refractivity contribution is 0.0998. The minimum atomic E-state index is -0.534. The van der Waals surface area contributed by atoms with E-state index in [9.17, 15) is 9.59 Å². The van der Waals surface area contributed by atoms with Crippen molar-refractivity contribution in [3.63, 3.8) is 0 Å². The number of nitrogens with two attached hydrogens (primary N) is 1. The van der Waals surface area contributed by atoms with Crippen molar-refractivity contribution in [3.8, 4) is 0 Å². The smallest absolute Gasteiger partial charge is 0.249 e. The van der Waals surface area contributed by atoms with Crippen LogP contribution in [0.5, 0.6) is 0 Å². The number of hydrogen-bond donors (Lipinski definition) is 1. The van der Waals surface area contributed by atoms with Gasteiger partial charge in [-0.15, -0.1) is 0 Å². The Balaban J connectivity index is 1.80. The van der Waals surface area contributed by atoms with E-state index in [2.05, 4.69) is 0 Å². The van der Waals surface area contributed by atoms with Crippen LogP contribution in [0, 0.1) is 6.92 Å². The predicted octanol–water partition coefficient (Wildman–Crippen LogP) is 4.49. The highest BCUT2D eigenvalue weighted by Crippen LogP contribution is 2.18. The van der Waals surface area contributed by atoms with Crippen molar-refractivity contribution in [3.05, 3.63) is 99.8 Å². The Morgan fingerprint density at radius 1 is 1.11 bits per heavy atom. The van der Waals surface area contributed by atoms with Crippen molar-refractivity contribution in [2.45, 2.75) is 13.5 Å². The minimum absolute atomic E-state index is 0.0299. The number of aromatic nitrogens is 1. The SMILES string of the molecule is Cc1ccc(C(=O)c2cccn2C/C=C/c2ccc(Cl)cc2C(N)=O)cc1. The highest BCUT2D eigenvalue weighted by molar-refractivity contribution is 6.31. The van der Waals surface area contributed by atoms with Crippen LogP contribution in [0.2, 0.25) is 5.02 Å². The lowest BCUT2D eigenvalue weighted by Crippen LogP contribution is -2.12. The third kappa shape index (κ3) is 4.36. The van der Waals surface area contributed by atoms with Crippen molar-refractivity contribution < 1.29 is 9.59 Å². The molecule has 0 aliphatic rings. The van der Waals surface area contributed by atoms with Gasteiger partial charge in [0, 0.05) is 28.9 Å². The third-order valence-electron chi connectivity index (χ3n) is 4.26. The van der Waals surface area contributed by atoms with Crippen molar-refractivity contribution >= 4 is 29.4 Å². The molecule has 4 nitrogen and oxygen atoms in total. The van der Waals surface area contributed by atoms with Crippen LogP contribution in [-0.4, -0.2) is 16.3 Å². The van der Waals surface area contributed by atoms with Crippen LogP contribution in [0.4, 0.5) is 0 Å². The molecule has 3 aromatic rings. The molecule has 0 saturated heterocycles. The van der Waals surface area contributed by atoms with Gasteiger partial charge in [0.1, 0.15) is 0 Å². The van der Waals surface area contributed by atoms with Gasteiger partial charge in [0.05, 0.1) is 5.69 Å². The summed E-state index contributed by atoms with van der Waals surface area (Å²) in [6, 6.07) is 16.1. The van der Waals surface area contributed by atoms with Crippen LogP contribution in [-0.2, 0) is 6.54 Å². The number of amides is 1.